The van der Waals surface area contributed by atoms with E-state index in [1.54, 1.807) is 0 Å². The first kappa shape index (κ1) is 25.3. The van der Waals surface area contributed by atoms with Crippen molar-refractivity contribution in [2.24, 2.45) is 16.5 Å². The van der Waals surface area contributed by atoms with Gasteiger partial charge in [-0.05, 0) is 18.2 Å². The number of benzene rings is 1. The van der Waals surface area contributed by atoms with E-state index in [0.29, 0.717) is 0 Å². The number of alkyl halides is 5. The van der Waals surface area contributed by atoms with Crippen LogP contribution in [0, 0.1) is 0 Å². The van der Waals surface area contributed by atoms with Crippen molar-refractivity contribution in [1.82, 2.24) is 10.6 Å². The Kier molecular flexibility index (Phi) is 8.00. The van der Waals surface area contributed by atoms with Gasteiger partial charge in [-0.15, -0.1) is 0 Å². The van der Waals surface area contributed by atoms with Crippen LogP contribution in [0.1, 0.15) is 16.8 Å². The Labute approximate surface area is 170 Å². The number of nitrogens with zero attached hydrogens (tertiary/aromatic N) is 1. The van der Waals surface area contributed by atoms with Crippen LogP contribution < -0.4 is 22.1 Å². The minimum Gasteiger partial charge on any atom is -0.481 e. The molecular weight excluding hydrogens is 437 g/mol. The lowest BCUT2D eigenvalue weighted by Crippen LogP contribution is -2.56. The van der Waals surface area contributed by atoms with Crippen LogP contribution in [0.25, 0.3) is 0 Å². The number of carbonyl (C=O) groups is 4. The zero-order valence-corrected chi connectivity index (χ0v) is 15.4. The van der Waals surface area contributed by atoms with Gasteiger partial charge >= 0.3 is 18.1 Å². The summed E-state index contributed by atoms with van der Waals surface area (Å²) in [6, 6.07) is 2.64. The van der Waals surface area contributed by atoms with Crippen molar-refractivity contribution < 1.29 is 46.2 Å². The molecule has 170 valence electrons. The molecule has 0 spiro atoms. The lowest BCUT2D eigenvalue weighted by molar-refractivity contribution is -0.269. The normalized spacial score (nSPS) is 12.4. The highest BCUT2D eigenvalue weighted by Crippen LogP contribution is 2.37. The molecule has 10 nitrogen and oxygen atoms in total. The van der Waals surface area contributed by atoms with Gasteiger partial charge in [-0.3, -0.25) is 19.2 Å². The Balaban J connectivity index is 2.85. The minimum atomic E-state index is -6.29. The number of hydrogen-bond acceptors (Lipinski definition) is 5. The SMILES string of the molecule is NC(N)=Nc1cccc(C(=O)NCC(=O)NC(CC(=O)O)C(=O)C(F)(F)C(F)(F)F)c1. The fourth-order valence-corrected chi connectivity index (χ4v) is 2.12. The number of carboxylic acids is 1. The summed E-state index contributed by atoms with van der Waals surface area (Å²) >= 11 is 0. The van der Waals surface area contributed by atoms with E-state index in [-0.39, 0.29) is 17.2 Å². The monoisotopic (exact) mass is 453 g/mol. The molecule has 1 aromatic rings. The largest absolute Gasteiger partial charge is 0.481 e. The number of halogens is 5. The number of nitrogens with two attached hydrogens (primary N) is 2. The second-order valence-electron chi connectivity index (χ2n) is 5.92. The topological polar surface area (TPSA) is 177 Å². The predicted octanol–water partition coefficient (Wildman–Crippen LogP) is 0.0475. The number of rotatable bonds is 9. The van der Waals surface area contributed by atoms with Crippen LogP contribution >= 0.6 is 0 Å². The van der Waals surface area contributed by atoms with Crippen molar-refractivity contribution in [1.29, 1.82) is 0 Å². The average Bonchev–Trinajstić information content (AvgIpc) is 2.63. The van der Waals surface area contributed by atoms with Crippen molar-refractivity contribution in [2.75, 3.05) is 6.54 Å². The van der Waals surface area contributed by atoms with E-state index in [9.17, 15) is 41.1 Å². The first-order valence-electron chi connectivity index (χ1n) is 8.13. The van der Waals surface area contributed by atoms with Gasteiger partial charge in [-0.25, -0.2) is 4.99 Å². The van der Waals surface area contributed by atoms with Crippen molar-refractivity contribution in [3.05, 3.63) is 29.8 Å². The Hall–Kier alpha value is -3.78. The molecule has 1 atom stereocenters. The molecule has 0 saturated carbocycles. The van der Waals surface area contributed by atoms with E-state index >= 15 is 0 Å². The maximum atomic E-state index is 13.2. The molecule has 0 fully saturated rings. The molecule has 7 N–H and O–H groups in total. The zero-order chi connectivity index (χ0) is 24.0. The number of ketones is 1. The van der Waals surface area contributed by atoms with Crippen LogP contribution in [0.3, 0.4) is 0 Å². The van der Waals surface area contributed by atoms with E-state index in [2.05, 4.69) is 4.99 Å². The molecule has 0 bridgehead atoms. The van der Waals surface area contributed by atoms with Gasteiger partial charge in [-0.1, -0.05) is 6.07 Å². The maximum absolute atomic E-state index is 13.2. The van der Waals surface area contributed by atoms with Crippen LogP contribution in [-0.2, 0) is 14.4 Å². The van der Waals surface area contributed by atoms with Crippen LogP contribution in [0.5, 0.6) is 0 Å². The highest BCUT2D eigenvalue weighted by Gasteiger charge is 2.64. The molecule has 31 heavy (non-hydrogen) atoms. The van der Waals surface area contributed by atoms with Gasteiger partial charge in [0.25, 0.3) is 5.91 Å². The second-order valence-corrected chi connectivity index (χ2v) is 5.92. The molecule has 2 amide bonds. The average molecular weight is 453 g/mol. The highest BCUT2D eigenvalue weighted by molar-refractivity contribution is 5.99. The number of carbonyl (C=O) groups excluding carboxylic acids is 3. The highest BCUT2D eigenvalue weighted by atomic mass is 19.4. The third kappa shape index (κ3) is 7.20. The smallest absolute Gasteiger partial charge is 0.461 e. The van der Waals surface area contributed by atoms with E-state index < -0.39 is 54.7 Å². The van der Waals surface area contributed by atoms with Crippen LogP contribution in [0.2, 0.25) is 0 Å². The summed E-state index contributed by atoms with van der Waals surface area (Å²) in [6.45, 7) is -0.966. The Morgan fingerprint density at radius 2 is 1.71 bits per heavy atom. The van der Waals surface area contributed by atoms with Crippen LogP contribution in [0.15, 0.2) is 29.3 Å². The summed E-state index contributed by atoms with van der Waals surface area (Å²) in [7, 11) is 0. The number of aliphatic carboxylic acids is 1. The van der Waals surface area contributed by atoms with E-state index in [1.165, 1.54) is 29.6 Å². The first-order chi connectivity index (χ1) is 14.1. The molecule has 0 aliphatic heterocycles. The first-order valence-corrected chi connectivity index (χ1v) is 8.13. The zero-order valence-electron chi connectivity index (χ0n) is 15.4. The van der Waals surface area contributed by atoms with Gasteiger partial charge in [0.05, 0.1) is 18.7 Å². The van der Waals surface area contributed by atoms with Crippen molar-refractivity contribution in [2.45, 2.75) is 24.6 Å². The standard InChI is InChI=1S/C16H16F5N5O5/c17-15(18,16(19,20)21)12(30)9(5-11(28)29)26-10(27)6-24-13(31)7-2-1-3-8(4-7)25-14(22)23/h1-4,9H,5-6H2,(H,24,31)(H,26,27)(H,28,29)(H4,22,23,25). The van der Waals surface area contributed by atoms with Gasteiger partial charge in [0.2, 0.25) is 11.7 Å². The fraction of sp³-hybridized carbons (Fsp3) is 0.312. The molecule has 0 radical (unpaired) electrons. The van der Waals surface area contributed by atoms with Crippen molar-refractivity contribution in [3.8, 4) is 0 Å². The van der Waals surface area contributed by atoms with Gasteiger partial charge in [0.1, 0.15) is 6.04 Å². The Morgan fingerprint density at radius 1 is 1.10 bits per heavy atom. The van der Waals surface area contributed by atoms with Gasteiger partial charge < -0.3 is 27.2 Å². The molecule has 0 aromatic heterocycles. The lowest BCUT2D eigenvalue weighted by atomic mass is 10.0. The van der Waals surface area contributed by atoms with Gasteiger partial charge in [0.15, 0.2) is 5.96 Å². The molecule has 15 heteroatoms. The van der Waals surface area contributed by atoms with Gasteiger partial charge in [0, 0.05) is 5.56 Å². The number of hydrogen-bond donors (Lipinski definition) is 5. The van der Waals surface area contributed by atoms with Crippen molar-refractivity contribution in [3.63, 3.8) is 0 Å². The molecule has 1 rings (SSSR count). The van der Waals surface area contributed by atoms with E-state index in [0.717, 1.165) is 0 Å². The summed E-state index contributed by atoms with van der Waals surface area (Å²) in [5, 5.41) is 12.1. The van der Waals surface area contributed by atoms with Crippen LogP contribution in [-0.4, -0.2) is 59.3 Å². The molecule has 0 heterocycles. The van der Waals surface area contributed by atoms with E-state index in [1.807, 2.05) is 5.32 Å². The minimum absolute atomic E-state index is 0.0444. The molecule has 0 aliphatic carbocycles. The fourth-order valence-electron chi connectivity index (χ4n) is 2.12. The summed E-state index contributed by atoms with van der Waals surface area (Å²) in [4.78, 5) is 49.7. The van der Waals surface area contributed by atoms with Gasteiger partial charge in [-0.2, -0.15) is 22.0 Å². The molecule has 0 aliphatic rings. The number of Topliss-reactive ketones (excluding diaryl/α,β-unsaturated/α-hetero) is 1. The summed E-state index contributed by atoms with van der Waals surface area (Å²) in [6.07, 6.45) is -7.83. The number of guanidine groups is 1. The van der Waals surface area contributed by atoms with Crippen molar-refractivity contribution >= 4 is 35.2 Å². The number of nitrogens with one attached hydrogen (secondary N) is 2. The summed E-state index contributed by atoms with van der Waals surface area (Å²) < 4.78 is 63.5. The maximum Gasteiger partial charge on any atom is 0.461 e. The Bertz CT molecular complexity index is 899. The number of amides is 2. The molecular formula is C16H16F5N5O5. The molecule has 1 aromatic carbocycles. The molecule has 1 unspecified atom stereocenters. The lowest BCUT2D eigenvalue weighted by Gasteiger charge is -2.23. The predicted molar refractivity (Wildman–Crippen MR) is 94.4 cm³/mol. The number of carboxylic acid groups (broad SMARTS) is 1. The quantitative estimate of drug-likeness (QED) is 0.199. The Morgan fingerprint density at radius 3 is 2.23 bits per heavy atom. The summed E-state index contributed by atoms with van der Waals surface area (Å²) in [5.41, 5.74) is 10.5. The second kappa shape index (κ2) is 9.82. The van der Waals surface area contributed by atoms with E-state index in [4.69, 9.17) is 16.6 Å². The number of aliphatic imine (C=N–C) groups is 1. The third-order valence-electron chi connectivity index (χ3n) is 3.47. The summed E-state index contributed by atoms with van der Waals surface area (Å²) in [5.74, 6) is -13.2. The molecule has 0 saturated heterocycles. The van der Waals surface area contributed by atoms with Crippen LogP contribution in [0.4, 0.5) is 27.6 Å². The third-order valence-corrected chi connectivity index (χ3v) is 3.47.